The maximum atomic E-state index is 9.18. The number of aliphatic hydroxyl groups excluding tert-OH is 1. The van der Waals surface area contributed by atoms with E-state index in [1.165, 1.54) is 0 Å². The van der Waals surface area contributed by atoms with Crippen LogP contribution in [0.1, 0.15) is 13.8 Å². The van der Waals surface area contributed by atoms with Gasteiger partial charge in [0.25, 0.3) is 0 Å². The van der Waals surface area contributed by atoms with Gasteiger partial charge < -0.3 is 10.4 Å². The quantitative estimate of drug-likeness (QED) is 0.656. The molecule has 0 aromatic carbocycles. The zero-order chi connectivity index (χ0) is 9.68. The van der Waals surface area contributed by atoms with Crippen LogP contribution in [0.2, 0.25) is 0 Å². The first kappa shape index (κ1) is 10.1. The van der Waals surface area contributed by atoms with Crippen LogP contribution in [0.15, 0.2) is 12.4 Å². The molecule has 2 unspecified atom stereocenters. The van der Waals surface area contributed by atoms with E-state index in [9.17, 15) is 5.11 Å². The molecular formula is C8H16N4O. The number of rotatable bonds is 5. The van der Waals surface area contributed by atoms with Gasteiger partial charge in [0, 0.05) is 18.8 Å². The lowest BCUT2D eigenvalue weighted by molar-refractivity contribution is 0.152. The Balaban J connectivity index is 2.14. The molecular weight excluding hydrogens is 168 g/mol. The first-order valence-electron chi connectivity index (χ1n) is 4.45. The third-order valence-corrected chi connectivity index (χ3v) is 2.00. The van der Waals surface area contributed by atoms with Gasteiger partial charge in [0.05, 0.1) is 18.8 Å². The number of hydrogen-bond acceptors (Lipinski definition) is 4. The maximum Gasteiger partial charge on any atom is 0.0692 e. The highest BCUT2D eigenvalue weighted by Gasteiger charge is 2.06. The molecule has 0 saturated heterocycles. The van der Waals surface area contributed by atoms with Gasteiger partial charge in [-0.2, -0.15) is 0 Å². The fraction of sp³-hybridized carbons (Fsp3) is 0.750. The molecule has 0 fully saturated rings. The van der Waals surface area contributed by atoms with Gasteiger partial charge in [-0.05, 0) is 13.8 Å². The molecule has 0 aliphatic rings. The molecule has 1 aromatic rings. The van der Waals surface area contributed by atoms with Crippen molar-refractivity contribution in [3.8, 4) is 0 Å². The van der Waals surface area contributed by atoms with Crippen LogP contribution in [-0.2, 0) is 6.54 Å². The van der Waals surface area contributed by atoms with Crippen LogP contribution < -0.4 is 5.32 Å². The van der Waals surface area contributed by atoms with Gasteiger partial charge in [0.2, 0.25) is 0 Å². The molecule has 5 nitrogen and oxygen atoms in total. The van der Waals surface area contributed by atoms with Gasteiger partial charge in [-0.3, -0.25) is 4.68 Å². The summed E-state index contributed by atoms with van der Waals surface area (Å²) in [6.07, 6.45) is 3.14. The van der Waals surface area contributed by atoms with E-state index in [-0.39, 0.29) is 12.1 Å². The SMILES string of the molecule is CC(O)C(C)NCCn1ccnn1. The van der Waals surface area contributed by atoms with E-state index in [0.29, 0.717) is 0 Å². The molecule has 0 aliphatic heterocycles. The molecule has 0 spiro atoms. The van der Waals surface area contributed by atoms with Crippen LogP contribution in [0.5, 0.6) is 0 Å². The number of aromatic nitrogens is 3. The second kappa shape index (κ2) is 4.94. The van der Waals surface area contributed by atoms with Crippen molar-refractivity contribution >= 4 is 0 Å². The van der Waals surface area contributed by atoms with E-state index in [4.69, 9.17) is 0 Å². The van der Waals surface area contributed by atoms with Gasteiger partial charge in [0.15, 0.2) is 0 Å². The summed E-state index contributed by atoms with van der Waals surface area (Å²) in [6, 6.07) is 0.114. The van der Waals surface area contributed by atoms with Crippen molar-refractivity contribution in [2.45, 2.75) is 32.5 Å². The van der Waals surface area contributed by atoms with Crippen LogP contribution >= 0.6 is 0 Å². The Labute approximate surface area is 77.8 Å². The monoisotopic (exact) mass is 184 g/mol. The summed E-state index contributed by atoms with van der Waals surface area (Å²) >= 11 is 0. The normalized spacial score (nSPS) is 15.6. The van der Waals surface area contributed by atoms with Crippen molar-refractivity contribution in [2.24, 2.45) is 0 Å². The second-order valence-electron chi connectivity index (χ2n) is 3.15. The first-order valence-corrected chi connectivity index (χ1v) is 4.45. The minimum absolute atomic E-state index is 0.114. The third kappa shape index (κ3) is 3.52. The molecule has 5 heteroatoms. The van der Waals surface area contributed by atoms with Crippen molar-refractivity contribution in [1.82, 2.24) is 20.3 Å². The maximum absolute atomic E-state index is 9.18. The van der Waals surface area contributed by atoms with Crippen LogP contribution in [0.3, 0.4) is 0 Å². The largest absolute Gasteiger partial charge is 0.392 e. The lowest BCUT2D eigenvalue weighted by atomic mass is 10.2. The van der Waals surface area contributed by atoms with Crippen LogP contribution in [-0.4, -0.2) is 38.8 Å². The second-order valence-corrected chi connectivity index (χ2v) is 3.15. The Hall–Kier alpha value is -0.940. The number of aliphatic hydroxyl groups is 1. The smallest absolute Gasteiger partial charge is 0.0692 e. The third-order valence-electron chi connectivity index (χ3n) is 2.00. The van der Waals surface area contributed by atoms with Crippen LogP contribution in [0, 0.1) is 0 Å². The van der Waals surface area contributed by atoms with Crippen molar-refractivity contribution in [3.63, 3.8) is 0 Å². The van der Waals surface area contributed by atoms with Crippen molar-refractivity contribution in [1.29, 1.82) is 0 Å². The molecule has 2 N–H and O–H groups in total. The van der Waals surface area contributed by atoms with Crippen LogP contribution in [0.4, 0.5) is 0 Å². The average molecular weight is 184 g/mol. The Morgan fingerprint density at radius 1 is 1.54 bits per heavy atom. The topological polar surface area (TPSA) is 63.0 Å². The van der Waals surface area contributed by atoms with Crippen molar-refractivity contribution in [2.75, 3.05) is 6.54 Å². The molecule has 1 heterocycles. The molecule has 0 aliphatic carbocycles. The predicted molar refractivity (Wildman–Crippen MR) is 49.2 cm³/mol. The Morgan fingerprint density at radius 3 is 2.85 bits per heavy atom. The number of hydrogen-bond donors (Lipinski definition) is 2. The summed E-state index contributed by atoms with van der Waals surface area (Å²) in [7, 11) is 0. The summed E-state index contributed by atoms with van der Waals surface area (Å²) in [4.78, 5) is 0. The first-order chi connectivity index (χ1) is 6.20. The Bertz CT molecular complexity index is 222. The van der Waals surface area contributed by atoms with E-state index in [0.717, 1.165) is 13.1 Å². The standard InChI is InChI=1S/C8H16N4O/c1-7(8(2)13)9-3-5-12-6-4-10-11-12/h4,6-9,13H,3,5H2,1-2H3. The summed E-state index contributed by atoms with van der Waals surface area (Å²) in [5.74, 6) is 0. The fourth-order valence-corrected chi connectivity index (χ4v) is 0.929. The average Bonchev–Trinajstić information content (AvgIpc) is 2.56. The molecule has 0 amide bonds. The highest BCUT2D eigenvalue weighted by atomic mass is 16.3. The lowest BCUT2D eigenvalue weighted by Gasteiger charge is -2.15. The molecule has 0 saturated carbocycles. The van der Waals surface area contributed by atoms with Gasteiger partial charge >= 0.3 is 0 Å². The minimum atomic E-state index is -0.323. The fourth-order valence-electron chi connectivity index (χ4n) is 0.929. The Morgan fingerprint density at radius 2 is 2.31 bits per heavy atom. The molecule has 1 aromatic heterocycles. The molecule has 1 rings (SSSR count). The van der Waals surface area contributed by atoms with Gasteiger partial charge in [0.1, 0.15) is 0 Å². The summed E-state index contributed by atoms with van der Waals surface area (Å²) < 4.78 is 1.75. The summed E-state index contributed by atoms with van der Waals surface area (Å²) in [6.45, 7) is 5.28. The highest BCUT2D eigenvalue weighted by molar-refractivity contribution is 4.68. The molecule has 74 valence electrons. The molecule has 13 heavy (non-hydrogen) atoms. The minimum Gasteiger partial charge on any atom is -0.392 e. The van der Waals surface area contributed by atoms with E-state index in [1.54, 1.807) is 17.8 Å². The van der Waals surface area contributed by atoms with Crippen molar-refractivity contribution in [3.05, 3.63) is 12.4 Å². The number of nitrogens with one attached hydrogen (secondary N) is 1. The van der Waals surface area contributed by atoms with E-state index in [2.05, 4.69) is 15.6 Å². The van der Waals surface area contributed by atoms with Gasteiger partial charge in [-0.25, -0.2) is 0 Å². The highest BCUT2D eigenvalue weighted by Crippen LogP contribution is 1.89. The molecule has 0 radical (unpaired) electrons. The zero-order valence-corrected chi connectivity index (χ0v) is 8.01. The van der Waals surface area contributed by atoms with E-state index >= 15 is 0 Å². The van der Waals surface area contributed by atoms with Crippen LogP contribution in [0.25, 0.3) is 0 Å². The van der Waals surface area contributed by atoms with Gasteiger partial charge in [-0.15, -0.1) is 5.10 Å². The Kier molecular flexibility index (Phi) is 3.85. The van der Waals surface area contributed by atoms with E-state index in [1.807, 2.05) is 13.1 Å². The van der Waals surface area contributed by atoms with Gasteiger partial charge in [-0.1, -0.05) is 5.21 Å². The molecule has 2 atom stereocenters. The zero-order valence-electron chi connectivity index (χ0n) is 8.01. The predicted octanol–water partition coefficient (Wildman–Crippen LogP) is -0.363. The summed E-state index contributed by atoms with van der Waals surface area (Å²) in [5, 5.41) is 19.9. The number of nitrogens with zero attached hydrogens (tertiary/aromatic N) is 3. The summed E-state index contributed by atoms with van der Waals surface area (Å²) in [5.41, 5.74) is 0. The lowest BCUT2D eigenvalue weighted by Crippen LogP contribution is -2.37. The van der Waals surface area contributed by atoms with Crippen molar-refractivity contribution < 1.29 is 5.11 Å². The van der Waals surface area contributed by atoms with E-state index < -0.39 is 0 Å². The molecule has 0 bridgehead atoms.